The molecule has 0 saturated heterocycles. The van der Waals surface area contributed by atoms with Crippen LogP contribution in [-0.4, -0.2) is 20.9 Å². The zero-order valence-corrected chi connectivity index (χ0v) is 16.2. The van der Waals surface area contributed by atoms with E-state index >= 15 is 0 Å². The van der Waals surface area contributed by atoms with E-state index in [2.05, 4.69) is 15.6 Å². The monoisotopic (exact) mass is 407 g/mol. The third-order valence-electron chi connectivity index (χ3n) is 4.31. The number of pyridine rings is 1. The molecule has 0 atom stereocenters. The van der Waals surface area contributed by atoms with Gasteiger partial charge in [0.2, 0.25) is 6.54 Å². The third kappa shape index (κ3) is 4.83. The summed E-state index contributed by atoms with van der Waals surface area (Å²) in [5, 5.41) is 11.5. The molecular formula is C21H18ClN5O2. The van der Waals surface area contributed by atoms with Gasteiger partial charge in [-0.25, -0.2) is 4.68 Å². The van der Waals surface area contributed by atoms with Gasteiger partial charge in [0.25, 0.3) is 11.5 Å². The van der Waals surface area contributed by atoms with Gasteiger partial charge in [-0.3, -0.25) is 9.59 Å². The molecule has 2 aromatic carbocycles. The van der Waals surface area contributed by atoms with E-state index in [0.717, 1.165) is 11.3 Å². The lowest BCUT2D eigenvalue weighted by atomic mass is 10.2. The number of halogens is 1. The summed E-state index contributed by atoms with van der Waals surface area (Å²) in [5.41, 5.74) is 2.06. The molecule has 1 N–H and O–H groups in total. The van der Waals surface area contributed by atoms with Crippen molar-refractivity contribution in [2.45, 2.75) is 13.1 Å². The third-order valence-corrected chi connectivity index (χ3v) is 4.31. The van der Waals surface area contributed by atoms with Crippen LogP contribution in [0.2, 0.25) is 0 Å². The van der Waals surface area contributed by atoms with Gasteiger partial charge in [-0.15, -0.1) is 5.10 Å². The Bertz CT molecular complexity index is 1180. The number of nitrogens with one attached hydrogen (secondary N) is 1. The first-order valence-electron chi connectivity index (χ1n) is 8.84. The number of hydrogen-bond donors (Lipinski definition) is 1. The second-order valence-electron chi connectivity index (χ2n) is 6.36. The van der Waals surface area contributed by atoms with Gasteiger partial charge in [0, 0.05) is 17.8 Å². The molecule has 7 nitrogen and oxygen atoms in total. The van der Waals surface area contributed by atoms with E-state index in [1.807, 2.05) is 54.6 Å². The maximum absolute atomic E-state index is 12.5. The van der Waals surface area contributed by atoms with Crippen LogP contribution in [-0.2, 0) is 17.9 Å². The fraction of sp³-hybridized carbons (Fsp3) is 0.0952. The van der Waals surface area contributed by atoms with Crippen LogP contribution in [0.5, 0.6) is 0 Å². The van der Waals surface area contributed by atoms with Crippen LogP contribution in [0, 0.1) is 0 Å². The van der Waals surface area contributed by atoms with E-state index in [-0.39, 0.29) is 30.4 Å². The first kappa shape index (κ1) is 20.2. The summed E-state index contributed by atoms with van der Waals surface area (Å²) in [6, 6.07) is 20.2. The molecule has 1 amide bonds. The van der Waals surface area contributed by atoms with Crippen LogP contribution >= 0.6 is 0 Å². The molecular weight excluding hydrogens is 390 g/mol. The van der Waals surface area contributed by atoms with E-state index in [4.69, 9.17) is 0 Å². The summed E-state index contributed by atoms with van der Waals surface area (Å²) in [5.74, 6) is -0.111. The first-order valence-corrected chi connectivity index (χ1v) is 8.84. The van der Waals surface area contributed by atoms with Crippen LogP contribution in [0.25, 0.3) is 10.9 Å². The number of anilines is 1. The molecule has 4 aromatic rings. The number of carbonyl (C=O) groups is 1. The van der Waals surface area contributed by atoms with E-state index in [9.17, 15) is 9.59 Å². The summed E-state index contributed by atoms with van der Waals surface area (Å²) in [7, 11) is 0. The number of carbonyl (C=O) groups excluding carboxylic acids is 1. The number of fused-ring (bicyclic) bond motifs is 1. The van der Waals surface area contributed by atoms with Crippen LogP contribution in [0.4, 0.5) is 5.69 Å². The van der Waals surface area contributed by atoms with Crippen LogP contribution in [0.1, 0.15) is 5.56 Å². The summed E-state index contributed by atoms with van der Waals surface area (Å²) < 4.78 is 3.11. The predicted octanol–water partition coefficient (Wildman–Crippen LogP) is -1.23. The molecule has 29 heavy (non-hydrogen) atoms. The van der Waals surface area contributed by atoms with E-state index < -0.39 is 0 Å². The highest BCUT2D eigenvalue weighted by Gasteiger charge is 2.11. The zero-order valence-electron chi connectivity index (χ0n) is 15.4. The summed E-state index contributed by atoms with van der Waals surface area (Å²) in [6.45, 7) is 0.513. The van der Waals surface area contributed by atoms with Crippen molar-refractivity contribution in [1.82, 2.24) is 15.0 Å². The molecule has 0 radical (unpaired) electrons. The van der Waals surface area contributed by atoms with Crippen molar-refractivity contribution in [2.75, 3.05) is 5.32 Å². The summed E-state index contributed by atoms with van der Waals surface area (Å²) >= 11 is 0. The van der Waals surface area contributed by atoms with Gasteiger partial charge in [0.1, 0.15) is 5.52 Å². The minimum atomic E-state index is -0.176. The highest BCUT2D eigenvalue weighted by atomic mass is 35.5. The minimum absolute atomic E-state index is 0. The van der Waals surface area contributed by atoms with Gasteiger partial charge >= 0.3 is 0 Å². The van der Waals surface area contributed by atoms with Gasteiger partial charge in [0.05, 0.1) is 11.9 Å². The zero-order chi connectivity index (χ0) is 19.3. The molecule has 0 aliphatic carbocycles. The van der Waals surface area contributed by atoms with Gasteiger partial charge in [-0.1, -0.05) is 35.5 Å². The lowest BCUT2D eigenvalue weighted by Crippen LogP contribution is -3.00. The van der Waals surface area contributed by atoms with Crippen molar-refractivity contribution in [3.63, 3.8) is 0 Å². The van der Waals surface area contributed by atoms with Crippen molar-refractivity contribution in [3.05, 3.63) is 95.0 Å². The number of benzene rings is 2. The average molecular weight is 408 g/mol. The lowest BCUT2D eigenvalue weighted by molar-refractivity contribution is -0.684. The Labute approximate surface area is 173 Å². The quantitative estimate of drug-likeness (QED) is 0.420. The lowest BCUT2D eigenvalue weighted by Gasteiger charge is -2.05. The molecule has 2 heterocycles. The molecule has 146 valence electrons. The number of amides is 1. The van der Waals surface area contributed by atoms with Crippen molar-refractivity contribution >= 4 is 22.5 Å². The molecule has 2 aromatic heterocycles. The molecule has 0 unspecified atom stereocenters. The fourth-order valence-electron chi connectivity index (χ4n) is 2.89. The normalized spacial score (nSPS) is 10.3. The van der Waals surface area contributed by atoms with Crippen LogP contribution in [0.3, 0.4) is 0 Å². The summed E-state index contributed by atoms with van der Waals surface area (Å²) in [4.78, 5) is 24.7. The first-order chi connectivity index (χ1) is 13.7. The Morgan fingerprint density at radius 2 is 1.66 bits per heavy atom. The standard InChI is InChI=1S/C21H17N5O2.ClH/c27-20(22-17-6-2-1-3-7-17)15-25-12-10-16(11-13-25)14-26-21(28)18-8-4-5-9-19(18)23-24-26;/h1-13H,14-15H2;1H. The van der Waals surface area contributed by atoms with Gasteiger partial charge < -0.3 is 17.7 Å². The highest BCUT2D eigenvalue weighted by molar-refractivity contribution is 5.89. The second kappa shape index (κ2) is 9.07. The van der Waals surface area contributed by atoms with E-state index in [1.54, 1.807) is 29.1 Å². The van der Waals surface area contributed by atoms with E-state index in [0.29, 0.717) is 17.4 Å². The Morgan fingerprint density at radius 3 is 2.41 bits per heavy atom. The SMILES string of the molecule is O=C(C[n+]1ccc(Cn2nnc3ccccc3c2=O)cc1)Nc1ccccc1.[Cl-]. The molecule has 0 spiro atoms. The number of para-hydroxylation sites is 1. The van der Waals surface area contributed by atoms with Crippen molar-refractivity contribution in [2.24, 2.45) is 0 Å². The molecule has 0 fully saturated rings. The Morgan fingerprint density at radius 1 is 0.966 bits per heavy atom. The number of rotatable bonds is 5. The molecule has 0 saturated carbocycles. The van der Waals surface area contributed by atoms with Gasteiger partial charge in [-0.2, -0.15) is 4.57 Å². The molecule has 0 aliphatic rings. The smallest absolute Gasteiger partial charge is 0.290 e. The number of aromatic nitrogens is 4. The number of hydrogen-bond acceptors (Lipinski definition) is 4. The maximum atomic E-state index is 12.5. The predicted molar refractivity (Wildman–Crippen MR) is 105 cm³/mol. The van der Waals surface area contributed by atoms with Gasteiger partial charge in [-0.05, 0) is 29.8 Å². The molecule has 0 aliphatic heterocycles. The van der Waals surface area contributed by atoms with Crippen molar-refractivity contribution in [3.8, 4) is 0 Å². The molecule has 4 rings (SSSR count). The minimum Gasteiger partial charge on any atom is -1.00 e. The van der Waals surface area contributed by atoms with E-state index in [1.165, 1.54) is 4.68 Å². The average Bonchev–Trinajstić information content (AvgIpc) is 2.72. The number of nitrogens with zero attached hydrogens (tertiary/aromatic N) is 4. The van der Waals surface area contributed by atoms with Gasteiger partial charge in [0.15, 0.2) is 12.4 Å². The summed E-state index contributed by atoms with van der Waals surface area (Å²) in [6.07, 6.45) is 3.61. The second-order valence-corrected chi connectivity index (χ2v) is 6.36. The van der Waals surface area contributed by atoms with Crippen LogP contribution < -0.4 is 27.9 Å². The Kier molecular flexibility index (Phi) is 6.31. The Balaban J connectivity index is 0.00000240. The highest BCUT2D eigenvalue weighted by Crippen LogP contribution is 2.05. The van der Waals surface area contributed by atoms with Crippen LogP contribution in [0.15, 0.2) is 83.9 Å². The Hall–Kier alpha value is -3.58. The topological polar surface area (TPSA) is 80.8 Å². The molecule has 0 bridgehead atoms. The largest absolute Gasteiger partial charge is 1.00 e. The van der Waals surface area contributed by atoms with Crippen molar-refractivity contribution < 1.29 is 21.8 Å². The maximum Gasteiger partial charge on any atom is 0.290 e. The van der Waals surface area contributed by atoms with Crippen molar-refractivity contribution in [1.29, 1.82) is 0 Å². The fourth-order valence-corrected chi connectivity index (χ4v) is 2.89. The molecule has 8 heteroatoms.